The molecule has 1 N–H and O–H groups in total. The Morgan fingerprint density at radius 1 is 1.26 bits per heavy atom. The average Bonchev–Trinajstić information content (AvgIpc) is 3.48. The number of carbonyl (C=O) groups excluding carboxylic acids is 1. The molecule has 4 rings (SSSR count). The molecule has 0 bridgehead atoms. The summed E-state index contributed by atoms with van der Waals surface area (Å²) in [5.41, 5.74) is 4.67. The van der Waals surface area contributed by atoms with E-state index in [-0.39, 0.29) is 5.91 Å². The van der Waals surface area contributed by atoms with Crippen LogP contribution in [0.3, 0.4) is 0 Å². The Morgan fingerprint density at radius 3 is 2.87 bits per heavy atom. The van der Waals surface area contributed by atoms with Crippen LogP contribution in [0, 0.1) is 6.92 Å². The van der Waals surface area contributed by atoms with Crippen LogP contribution in [0.25, 0.3) is 17.3 Å². The molecule has 0 spiro atoms. The highest BCUT2D eigenvalue weighted by Crippen LogP contribution is 2.28. The highest BCUT2D eigenvalue weighted by molar-refractivity contribution is 7.14. The van der Waals surface area contributed by atoms with E-state index in [1.165, 1.54) is 22.7 Å². The molecule has 8 heteroatoms. The van der Waals surface area contributed by atoms with Gasteiger partial charge < -0.3 is 4.74 Å². The number of amides is 1. The number of benzene rings is 1. The minimum atomic E-state index is -0.172. The largest absolute Gasteiger partial charge is 0.488 e. The van der Waals surface area contributed by atoms with Crippen LogP contribution in [0.2, 0.25) is 0 Å². The molecule has 0 saturated carbocycles. The fraction of sp³-hybridized carbons (Fsp3) is 0.174. The quantitative estimate of drug-likeness (QED) is 0.388. The van der Waals surface area contributed by atoms with Crippen molar-refractivity contribution in [2.24, 2.45) is 7.05 Å². The number of allylic oxidation sites excluding steroid dienone is 1. The minimum absolute atomic E-state index is 0.172. The number of nitrogens with zero attached hydrogens (tertiary/aromatic N) is 3. The summed E-state index contributed by atoms with van der Waals surface area (Å²) in [6.07, 6.45) is 5.92. The third-order valence-electron chi connectivity index (χ3n) is 4.55. The molecule has 0 saturated heterocycles. The molecule has 3 aromatic heterocycles. The average molecular weight is 451 g/mol. The minimum Gasteiger partial charge on any atom is -0.488 e. The van der Waals surface area contributed by atoms with Gasteiger partial charge in [0.2, 0.25) is 0 Å². The predicted molar refractivity (Wildman–Crippen MR) is 127 cm³/mol. The topological polar surface area (TPSA) is 69.0 Å². The van der Waals surface area contributed by atoms with Gasteiger partial charge in [-0.3, -0.25) is 14.8 Å². The van der Waals surface area contributed by atoms with Crippen molar-refractivity contribution in [1.29, 1.82) is 0 Å². The lowest BCUT2D eigenvalue weighted by Gasteiger charge is -2.08. The van der Waals surface area contributed by atoms with Crippen molar-refractivity contribution in [2.75, 3.05) is 5.32 Å². The third-order valence-corrected chi connectivity index (χ3v) is 6.29. The van der Waals surface area contributed by atoms with Gasteiger partial charge in [0.05, 0.1) is 16.3 Å². The van der Waals surface area contributed by atoms with E-state index in [2.05, 4.69) is 15.4 Å². The first-order chi connectivity index (χ1) is 15.0. The van der Waals surface area contributed by atoms with Crippen molar-refractivity contribution >= 4 is 39.8 Å². The van der Waals surface area contributed by atoms with Crippen LogP contribution in [0.1, 0.15) is 33.4 Å². The van der Waals surface area contributed by atoms with Crippen LogP contribution in [-0.4, -0.2) is 20.7 Å². The van der Waals surface area contributed by atoms with Gasteiger partial charge in [-0.25, -0.2) is 4.98 Å². The fourth-order valence-corrected chi connectivity index (χ4v) is 4.62. The van der Waals surface area contributed by atoms with Crippen molar-refractivity contribution in [3.05, 3.63) is 75.1 Å². The van der Waals surface area contributed by atoms with E-state index >= 15 is 0 Å². The molecule has 3 heterocycles. The summed E-state index contributed by atoms with van der Waals surface area (Å²) in [6, 6.07) is 9.74. The normalized spacial score (nSPS) is 11.2. The number of rotatable bonds is 7. The number of nitrogens with one attached hydrogen (secondary N) is 1. The van der Waals surface area contributed by atoms with E-state index in [4.69, 9.17) is 4.74 Å². The lowest BCUT2D eigenvalue weighted by molar-refractivity contribution is 0.103. The van der Waals surface area contributed by atoms with E-state index in [9.17, 15) is 4.79 Å². The first kappa shape index (κ1) is 21.0. The molecule has 0 aliphatic rings. The molecule has 0 fully saturated rings. The summed E-state index contributed by atoms with van der Waals surface area (Å²) < 4.78 is 7.72. The second-order valence-electron chi connectivity index (χ2n) is 6.94. The third kappa shape index (κ3) is 4.92. The van der Waals surface area contributed by atoms with E-state index in [1.807, 2.05) is 80.3 Å². The molecule has 0 aliphatic heterocycles. The zero-order valence-corrected chi connectivity index (χ0v) is 19.1. The Balaban J connectivity index is 1.39. The van der Waals surface area contributed by atoms with E-state index in [0.29, 0.717) is 16.6 Å². The SMILES string of the molecule is C/C=C/c1ccccc1OCc1csc(C(=O)Nc2nc(-c3cn(C)nc3C)cs2)c1. The summed E-state index contributed by atoms with van der Waals surface area (Å²) in [4.78, 5) is 17.8. The Labute approximate surface area is 188 Å². The van der Waals surface area contributed by atoms with Crippen LogP contribution < -0.4 is 10.1 Å². The maximum absolute atomic E-state index is 12.7. The van der Waals surface area contributed by atoms with Gasteiger partial charge in [-0.05, 0) is 31.4 Å². The molecule has 0 radical (unpaired) electrons. The second kappa shape index (κ2) is 9.28. The summed E-state index contributed by atoms with van der Waals surface area (Å²) in [5.74, 6) is 0.646. The molecule has 6 nitrogen and oxygen atoms in total. The number of hydrogen-bond acceptors (Lipinski definition) is 6. The highest BCUT2D eigenvalue weighted by atomic mass is 32.1. The molecule has 0 atom stereocenters. The van der Waals surface area contributed by atoms with Gasteiger partial charge in [0.1, 0.15) is 12.4 Å². The van der Waals surface area contributed by atoms with Crippen molar-refractivity contribution < 1.29 is 9.53 Å². The molecule has 4 aromatic rings. The Hall–Kier alpha value is -3.23. The van der Waals surface area contributed by atoms with Gasteiger partial charge in [0.15, 0.2) is 5.13 Å². The number of ether oxygens (including phenoxy) is 1. The summed E-state index contributed by atoms with van der Waals surface area (Å²) in [6.45, 7) is 4.32. The van der Waals surface area contributed by atoms with Gasteiger partial charge in [0.25, 0.3) is 5.91 Å². The van der Waals surface area contributed by atoms with Gasteiger partial charge in [-0.15, -0.1) is 22.7 Å². The summed E-state index contributed by atoms with van der Waals surface area (Å²) in [5, 5.41) is 11.7. The second-order valence-corrected chi connectivity index (χ2v) is 8.71. The first-order valence-electron chi connectivity index (χ1n) is 9.73. The van der Waals surface area contributed by atoms with Gasteiger partial charge >= 0.3 is 0 Å². The number of thiophene rings is 1. The summed E-state index contributed by atoms with van der Waals surface area (Å²) >= 11 is 2.79. The monoisotopic (exact) mass is 450 g/mol. The maximum Gasteiger partial charge on any atom is 0.267 e. The van der Waals surface area contributed by atoms with Crippen molar-refractivity contribution in [3.8, 4) is 17.0 Å². The van der Waals surface area contributed by atoms with Gasteiger partial charge in [-0.2, -0.15) is 5.10 Å². The standard InChI is InChI=1S/C23H22N4O2S2/c1-4-7-17-8-5-6-9-20(17)29-12-16-10-21(30-13-16)22(28)25-23-24-19(14-31-23)18-11-27(3)26-15(18)2/h4-11,13-14H,12H2,1-3H3,(H,24,25,28)/b7-4+. The van der Waals surface area contributed by atoms with E-state index < -0.39 is 0 Å². The summed E-state index contributed by atoms with van der Waals surface area (Å²) in [7, 11) is 1.88. The van der Waals surface area contributed by atoms with Crippen LogP contribution in [0.15, 0.2) is 53.4 Å². The van der Waals surface area contributed by atoms with E-state index in [1.54, 1.807) is 4.68 Å². The fourth-order valence-electron chi connectivity index (χ4n) is 3.13. The molecular weight excluding hydrogens is 428 g/mol. The molecule has 1 aromatic carbocycles. The predicted octanol–water partition coefficient (Wildman–Crippen LogP) is 5.78. The van der Waals surface area contributed by atoms with Crippen molar-refractivity contribution in [1.82, 2.24) is 14.8 Å². The molecule has 31 heavy (non-hydrogen) atoms. The lowest BCUT2D eigenvalue weighted by Crippen LogP contribution is -2.09. The number of carbonyl (C=O) groups is 1. The number of aryl methyl sites for hydroxylation is 2. The van der Waals surface area contributed by atoms with E-state index in [0.717, 1.165) is 33.8 Å². The number of thiazole rings is 1. The number of anilines is 1. The maximum atomic E-state index is 12.7. The molecular formula is C23H22N4O2S2. The Bertz CT molecular complexity index is 1240. The number of hydrogen-bond donors (Lipinski definition) is 1. The van der Waals surface area contributed by atoms with Gasteiger partial charge in [-0.1, -0.05) is 30.4 Å². The number of aromatic nitrogens is 3. The van der Waals surface area contributed by atoms with Gasteiger partial charge in [0, 0.05) is 35.3 Å². The molecule has 0 unspecified atom stereocenters. The zero-order valence-electron chi connectivity index (χ0n) is 17.5. The Kier molecular flexibility index (Phi) is 6.29. The van der Waals surface area contributed by atoms with Crippen molar-refractivity contribution in [3.63, 3.8) is 0 Å². The molecule has 0 aliphatic carbocycles. The molecule has 158 valence electrons. The van der Waals surface area contributed by atoms with Crippen molar-refractivity contribution in [2.45, 2.75) is 20.5 Å². The zero-order chi connectivity index (χ0) is 21.8. The highest BCUT2D eigenvalue weighted by Gasteiger charge is 2.14. The number of para-hydroxylation sites is 1. The molecule has 1 amide bonds. The van der Waals surface area contributed by atoms with Crippen LogP contribution >= 0.6 is 22.7 Å². The first-order valence-corrected chi connectivity index (χ1v) is 11.5. The van der Waals surface area contributed by atoms with Crippen LogP contribution in [-0.2, 0) is 13.7 Å². The van der Waals surface area contributed by atoms with Crippen LogP contribution in [0.5, 0.6) is 5.75 Å². The lowest BCUT2D eigenvalue weighted by atomic mass is 10.2. The Morgan fingerprint density at radius 2 is 2.10 bits per heavy atom. The smallest absolute Gasteiger partial charge is 0.267 e. The van der Waals surface area contributed by atoms with Crippen LogP contribution in [0.4, 0.5) is 5.13 Å².